The van der Waals surface area contributed by atoms with E-state index in [9.17, 15) is 9.18 Å². The van der Waals surface area contributed by atoms with Crippen LogP contribution in [0.15, 0.2) is 52.9 Å². The number of benzene rings is 2. The Balaban J connectivity index is 1.32. The standard InChI is InChI=1S/C23H22FN3O2/c1-2-5-19(21-11-13-10-14(24)8-9-20(13)29-21)27-23(28)16-12-15(16)22-25-17-6-3-4-7-18(17)26-22/h3-4,6-11,15-16,19H,2,5,12H2,1H3,(H,25,26)(H,27,28)/t15-,16?,19+/m0/s1. The second-order valence-electron chi connectivity index (χ2n) is 7.77. The van der Waals surface area contributed by atoms with E-state index in [1.165, 1.54) is 12.1 Å². The average molecular weight is 391 g/mol. The molecule has 4 aromatic rings. The van der Waals surface area contributed by atoms with Crippen LogP contribution in [0.1, 0.15) is 49.7 Å². The van der Waals surface area contributed by atoms with Gasteiger partial charge in [-0.05, 0) is 49.2 Å². The lowest BCUT2D eigenvalue weighted by Gasteiger charge is -2.15. The number of rotatable bonds is 6. The Bertz CT molecular complexity index is 1160. The van der Waals surface area contributed by atoms with Crippen LogP contribution in [0.3, 0.4) is 0 Å². The van der Waals surface area contributed by atoms with Gasteiger partial charge < -0.3 is 14.7 Å². The number of aromatic amines is 1. The first kappa shape index (κ1) is 17.9. The largest absolute Gasteiger partial charge is 0.459 e. The maximum atomic E-state index is 13.5. The van der Waals surface area contributed by atoms with E-state index in [-0.39, 0.29) is 29.6 Å². The second-order valence-corrected chi connectivity index (χ2v) is 7.77. The maximum absolute atomic E-state index is 13.5. The van der Waals surface area contributed by atoms with Crippen molar-refractivity contribution < 1.29 is 13.6 Å². The second kappa shape index (κ2) is 7.03. The van der Waals surface area contributed by atoms with Crippen molar-refractivity contribution >= 4 is 27.9 Å². The number of nitrogens with zero attached hydrogens (tertiary/aromatic N) is 1. The molecule has 2 heterocycles. The van der Waals surface area contributed by atoms with E-state index in [0.29, 0.717) is 16.7 Å². The Kier molecular flexibility index (Phi) is 4.34. The minimum absolute atomic E-state index is 0.0144. The van der Waals surface area contributed by atoms with E-state index in [2.05, 4.69) is 22.2 Å². The predicted molar refractivity (Wildman–Crippen MR) is 109 cm³/mol. The highest BCUT2D eigenvalue weighted by Gasteiger charge is 2.46. The summed E-state index contributed by atoms with van der Waals surface area (Å²) in [7, 11) is 0. The zero-order valence-corrected chi connectivity index (χ0v) is 16.1. The number of halogens is 1. The van der Waals surface area contributed by atoms with E-state index >= 15 is 0 Å². The van der Waals surface area contributed by atoms with E-state index in [1.807, 2.05) is 30.3 Å². The molecule has 1 saturated carbocycles. The molecule has 6 heteroatoms. The van der Waals surface area contributed by atoms with Gasteiger partial charge in [0.15, 0.2) is 0 Å². The predicted octanol–water partition coefficient (Wildman–Crippen LogP) is 5.21. The first-order valence-corrected chi connectivity index (χ1v) is 10.1. The molecule has 1 fully saturated rings. The van der Waals surface area contributed by atoms with Crippen molar-refractivity contribution in [2.45, 2.75) is 38.1 Å². The van der Waals surface area contributed by atoms with Crippen LogP contribution in [0.25, 0.3) is 22.0 Å². The van der Waals surface area contributed by atoms with Crippen molar-refractivity contribution in [3.8, 4) is 0 Å². The molecule has 1 aliphatic carbocycles. The number of amides is 1. The normalized spacial score (nSPS) is 19.5. The minimum Gasteiger partial charge on any atom is -0.459 e. The molecule has 3 atom stereocenters. The number of H-pyrrole nitrogens is 1. The molecule has 1 aliphatic rings. The maximum Gasteiger partial charge on any atom is 0.224 e. The first-order valence-electron chi connectivity index (χ1n) is 10.1. The van der Waals surface area contributed by atoms with Gasteiger partial charge in [-0.25, -0.2) is 9.37 Å². The molecule has 0 saturated heterocycles. The van der Waals surface area contributed by atoms with Crippen molar-refractivity contribution in [1.82, 2.24) is 15.3 Å². The van der Waals surface area contributed by atoms with Crippen molar-refractivity contribution in [3.05, 3.63) is 65.9 Å². The molecule has 2 aromatic carbocycles. The number of furan rings is 1. The Morgan fingerprint density at radius 2 is 2.17 bits per heavy atom. The fourth-order valence-corrected chi connectivity index (χ4v) is 3.99. The van der Waals surface area contributed by atoms with Crippen LogP contribution in [-0.2, 0) is 4.79 Å². The van der Waals surface area contributed by atoms with Gasteiger partial charge >= 0.3 is 0 Å². The van der Waals surface area contributed by atoms with Gasteiger partial charge in [-0.1, -0.05) is 25.5 Å². The fourth-order valence-electron chi connectivity index (χ4n) is 3.99. The summed E-state index contributed by atoms with van der Waals surface area (Å²) in [5, 5.41) is 3.85. The molecule has 5 nitrogen and oxygen atoms in total. The van der Waals surface area contributed by atoms with Gasteiger partial charge in [0.05, 0.1) is 17.1 Å². The van der Waals surface area contributed by atoms with E-state index in [4.69, 9.17) is 4.42 Å². The van der Waals surface area contributed by atoms with Gasteiger partial charge in [0.2, 0.25) is 5.91 Å². The van der Waals surface area contributed by atoms with Crippen molar-refractivity contribution in [2.24, 2.45) is 5.92 Å². The third kappa shape index (κ3) is 3.39. The van der Waals surface area contributed by atoms with E-state index < -0.39 is 0 Å². The van der Waals surface area contributed by atoms with Gasteiger partial charge in [0.25, 0.3) is 0 Å². The third-order valence-electron chi connectivity index (χ3n) is 5.62. The number of nitrogens with one attached hydrogen (secondary N) is 2. The lowest BCUT2D eigenvalue weighted by atomic mass is 10.1. The molecular formula is C23H22FN3O2. The summed E-state index contributed by atoms with van der Waals surface area (Å²) in [6.07, 6.45) is 2.44. The number of carbonyl (C=O) groups is 1. The zero-order valence-electron chi connectivity index (χ0n) is 16.1. The summed E-state index contributed by atoms with van der Waals surface area (Å²) in [6, 6.07) is 13.9. The smallest absolute Gasteiger partial charge is 0.224 e. The molecule has 148 valence electrons. The molecular weight excluding hydrogens is 369 g/mol. The molecule has 5 rings (SSSR count). The average Bonchev–Trinajstić information content (AvgIpc) is 3.22. The topological polar surface area (TPSA) is 70.9 Å². The molecule has 1 unspecified atom stereocenters. The zero-order chi connectivity index (χ0) is 20.0. The Morgan fingerprint density at radius 1 is 1.31 bits per heavy atom. The summed E-state index contributed by atoms with van der Waals surface area (Å²) in [6.45, 7) is 2.07. The number of fused-ring (bicyclic) bond motifs is 2. The lowest BCUT2D eigenvalue weighted by Crippen LogP contribution is -2.30. The van der Waals surface area contributed by atoms with Gasteiger partial charge in [0.1, 0.15) is 23.0 Å². The first-order chi connectivity index (χ1) is 14.1. The monoisotopic (exact) mass is 391 g/mol. The van der Waals surface area contributed by atoms with Crippen LogP contribution in [0, 0.1) is 11.7 Å². The molecule has 0 aliphatic heterocycles. The highest BCUT2D eigenvalue weighted by molar-refractivity contribution is 5.84. The summed E-state index contributed by atoms with van der Waals surface area (Å²) < 4.78 is 19.4. The minimum atomic E-state index is -0.299. The van der Waals surface area contributed by atoms with Crippen LogP contribution in [0.5, 0.6) is 0 Å². The molecule has 29 heavy (non-hydrogen) atoms. The van der Waals surface area contributed by atoms with Crippen LogP contribution >= 0.6 is 0 Å². The lowest BCUT2D eigenvalue weighted by molar-refractivity contribution is -0.123. The van der Waals surface area contributed by atoms with E-state index in [0.717, 1.165) is 36.1 Å². The van der Waals surface area contributed by atoms with Crippen LogP contribution in [-0.4, -0.2) is 15.9 Å². The summed E-state index contributed by atoms with van der Waals surface area (Å²) in [5.41, 5.74) is 2.54. The van der Waals surface area contributed by atoms with Gasteiger partial charge in [0, 0.05) is 17.2 Å². The molecule has 1 amide bonds. The molecule has 2 N–H and O–H groups in total. The molecule has 0 bridgehead atoms. The molecule has 2 aromatic heterocycles. The highest BCUT2D eigenvalue weighted by Crippen LogP contribution is 2.47. The Hall–Kier alpha value is -3.15. The molecule has 0 radical (unpaired) electrons. The number of hydrogen-bond acceptors (Lipinski definition) is 3. The number of carbonyl (C=O) groups excluding carboxylic acids is 1. The Morgan fingerprint density at radius 3 is 3.00 bits per heavy atom. The van der Waals surface area contributed by atoms with Gasteiger partial charge in [-0.15, -0.1) is 0 Å². The highest BCUT2D eigenvalue weighted by atomic mass is 19.1. The van der Waals surface area contributed by atoms with Crippen molar-refractivity contribution in [3.63, 3.8) is 0 Å². The van der Waals surface area contributed by atoms with Crippen LogP contribution in [0.4, 0.5) is 4.39 Å². The van der Waals surface area contributed by atoms with Crippen LogP contribution in [0.2, 0.25) is 0 Å². The van der Waals surface area contributed by atoms with Gasteiger partial charge in [-0.3, -0.25) is 4.79 Å². The quantitative estimate of drug-likeness (QED) is 0.474. The molecule has 0 spiro atoms. The van der Waals surface area contributed by atoms with Gasteiger partial charge in [-0.2, -0.15) is 0 Å². The number of hydrogen-bond donors (Lipinski definition) is 2. The Labute approximate surface area is 167 Å². The SMILES string of the molecule is CCC[C@@H](NC(=O)C1C[C@@H]1c1nc2ccccc2[nH]1)c1cc2cc(F)ccc2o1. The van der Waals surface area contributed by atoms with E-state index in [1.54, 1.807) is 6.07 Å². The fraction of sp³-hybridized carbons (Fsp3) is 0.304. The number of aromatic nitrogens is 2. The summed E-state index contributed by atoms with van der Waals surface area (Å²) >= 11 is 0. The van der Waals surface area contributed by atoms with Crippen molar-refractivity contribution in [1.29, 1.82) is 0 Å². The number of para-hydroxylation sites is 2. The number of imidazole rings is 1. The summed E-state index contributed by atoms with van der Waals surface area (Å²) in [4.78, 5) is 20.8. The van der Waals surface area contributed by atoms with Crippen molar-refractivity contribution in [2.75, 3.05) is 0 Å². The van der Waals surface area contributed by atoms with Crippen LogP contribution < -0.4 is 5.32 Å². The third-order valence-corrected chi connectivity index (χ3v) is 5.62. The summed E-state index contributed by atoms with van der Waals surface area (Å²) in [5.74, 6) is 1.29.